The molecule has 1 heterocycles. The fourth-order valence-corrected chi connectivity index (χ4v) is 4.11. The molecule has 0 atom stereocenters. The molecule has 1 aromatic heterocycles. The zero-order valence-electron chi connectivity index (χ0n) is 18.6. The van der Waals surface area contributed by atoms with Gasteiger partial charge in [0.15, 0.2) is 0 Å². The van der Waals surface area contributed by atoms with Crippen molar-refractivity contribution in [2.75, 3.05) is 38.0 Å². The van der Waals surface area contributed by atoms with Crippen LogP contribution in [0.2, 0.25) is 0 Å². The molecular weight excluding hydrogens is 418 g/mol. The second-order valence-electron chi connectivity index (χ2n) is 7.80. The van der Waals surface area contributed by atoms with E-state index in [9.17, 15) is 4.79 Å². The number of carbonyl (C=O) groups excluding carboxylic acids is 1. The van der Waals surface area contributed by atoms with Gasteiger partial charge in [0.05, 0.1) is 15.8 Å². The number of ether oxygens (including phenoxy) is 1. The summed E-state index contributed by atoms with van der Waals surface area (Å²) in [5.74, 6) is 0.0652. The number of aromatic nitrogens is 1. The Morgan fingerprint density at radius 1 is 0.812 bits per heavy atom. The number of anilines is 2. The highest BCUT2D eigenvalue weighted by atomic mass is 32.1. The lowest BCUT2D eigenvalue weighted by molar-refractivity contribution is 0.0693. The van der Waals surface area contributed by atoms with Gasteiger partial charge in [-0.15, -0.1) is 11.3 Å². The fraction of sp³-hybridized carbons (Fsp3) is 0.154. The number of para-hydroxylation sites is 1. The van der Waals surface area contributed by atoms with Crippen LogP contribution in [0.1, 0.15) is 20.9 Å². The predicted octanol–water partition coefficient (Wildman–Crippen LogP) is 5.78. The monoisotopic (exact) mass is 443 g/mol. The van der Waals surface area contributed by atoms with Crippen LogP contribution >= 0.6 is 11.3 Å². The molecule has 0 saturated heterocycles. The quantitative estimate of drug-likeness (QED) is 0.279. The third kappa shape index (κ3) is 4.81. The summed E-state index contributed by atoms with van der Waals surface area (Å²) in [6.07, 6.45) is 1.83. The highest BCUT2D eigenvalue weighted by molar-refractivity contribution is 7.19. The minimum Gasteiger partial charge on any atom is -0.422 e. The normalized spacial score (nSPS) is 11.4. The van der Waals surface area contributed by atoms with Gasteiger partial charge in [0.1, 0.15) is 10.8 Å². The molecule has 0 unspecified atom stereocenters. The van der Waals surface area contributed by atoms with E-state index in [1.54, 1.807) is 23.5 Å². The molecule has 5 nitrogen and oxygen atoms in total. The summed E-state index contributed by atoms with van der Waals surface area (Å²) < 4.78 is 6.97. The van der Waals surface area contributed by atoms with Crippen LogP contribution in [-0.4, -0.2) is 39.1 Å². The van der Waals surface area contributed by atoms with E-state index in [-0.39, 0.29) is 0 Å². The third-order valence-corrected chi connectivity index (χ3v) is 6.04. The zero-order chi connectivity index (χ0) is 22.7. The van der Waals surface area contributed by atoms with E-state index in [2.05, 4.69) is 4.98 Å². The molecule has 0 radical (unpaired) electrons. The van der Waals surface area contributed by atoms with Crippen LogP contribution in [0, 0.1) is 0 Å². The largest absolute Gasteiger partial charge is 0.422 e. The Morgan fingerprint density at radius 3 is 1.94 bits per heavy atom. The number of thiazole rings is 1. The lowest BCUT2D eigenvalue weighted by atomic mass is 10.1. The van der Waals surface area contributed by atoms with Crippen molar-refractivity contribution in [3.05, 3.63) is 88.9 Å². The second-order valence-corrected chi connectivity index (χ2v) is 8.86. The first-order valence-electron chi connectivity index (χ1n) is 10.3. The summed E-state index contributed by atoms with van der Waals surface area (Å²) in [7, 11) is 7.90. The van der Waals surface area contributed by atoms with E-state index < -0.39 is 5.97 Å². The third-order valence-electron chi connectivity index (χ3n) is 5.06. The lowest BCUT2D eigenvalue weighted by Crippen LogP contribution is -2.10. The van der Waals surface area contributed by atoms with Crippen molar-refractivity contribution in [3.8, 4) is 0 Å². The molecule has 0 fully saturated rings. The number of esters is 1. The maximum absolute atomic E-state index is 12.9. The van der Waals surface area contributed by atoms with Crippen molar-refractivity contribution in [2.24, 2.45) is 0 Å². The minimum absolute atomic E-state index is 0.403. The predicted molar refractivity (Wildman–Crippen MR) is 134 cm³/mol. The number of fused-ring (bicyclic) bond motifs is 1. The topological polar surface area (TPSA) is 45.7 Å². The number of carbonyl (C=O) groups is 1. The van der Waals surface area contributed by atoms with Gasteiger partial charge in [0, 0.05) is 51.2 Å². The molecule has 6 heteroatoms. The Bertz CT molecular complexity index is 1220. The molecule has 162 valence electrons. The van der Waals surface area contributed by atoms with Gasteiger partial charge in [0.25, 0.3) is 0 Å². The van der Waals surface area contributed by atoms with Gasteiger partial charge in [-0.25, -0.2) is 9.78 Å². The average Bonchev–Trinajstić information content (AvgIpc) is 3.21. The Labute approximate surface area is 192 Å². The molecule has 0 spiro atoms. The van der Waals surface area contributed by atoms with Crippen LogP contribution in [0.15, 0.2) is 72.8 Å². The summed E-state index contributed by atoms with van der Waals surface area (Å²) in [6, 6.07) is 23.3. The minimum atomic E-state index is -0.403. The molecule has 0 bridgehead atoms. The van der Waals surface area contributed by atoms with Gasteiger partial charge in [0.2, 0.25) is 0 Å². The van der Waals surface area contributed by atoms with Crippen molar-refractivity contribution in [3.63, 3.8) is 0 Å². The van der Waals surface area contributed by atoms with Crippen LogP contribution in [-0.2, 0) is 4.74 Å². The molecule has 0 aliphatic heterocycles. The highest BCUT2D eigenvalue weighted by Gasteiger charge is 2.14. The molecule has 0 aliphatic rings. The smallest absolute Gasteiger partial charge is 0.343 e. The number of benzene rings is 3. The Balaban J connectivity index is 1.68. The summed E-state index contributed by atoms with van der Waals surface area (Å²) in [6.45, 7) is 0. The number of nitrogens with zero attached hydrogens (tertiary/aromatic N) is 3. The van der Waals surface area contributed by atoms with E-state index >= 15 is 0 Å². The van der Waals surface area contributed by atoms with Gasteiger partial charge in [-0.05, 0) is 60.7 Å². The van der Waals surface area contributed by atoms with Crippen LogP contribution in [0.3, 0.4) is 0 Å². The summed E-state index contributed by atoms with van der Waals surface area (Å²) in [5.41, 5.74) is 4.32. The molecule has 4 aromatic rings. The summed E-state index contributed by atoms with van der Waals surface area (Å²) in [4.78, 5) is 21.6. The van der Waals surface area contributed by atoms with E-state index in [1.807, 2.05) is 105 Å². The molecular formula is C26H25N3O2S. The van der Waals surface area contributed by atoms with Crippen LogP contribution in [0.4, 0.5) is 11.4 Å². The first kappa shape index (κ1) is 21.6. The average molecular weight is 444 g/mol. The van der Waals surface area contributed by atoms with Gasteiger partial charge in [-0.1, -0.05) is 12.1 Å². The van der Waals surface area contributed by atoms with Crippen molar-refractivity contribution >= 4 is 50.7 Å². The first-order chi connectivity index (χ1) is 15.4. The second kappa shape index (κ2) is 9.24. The van der Waals surface area contributed by atoms with Crippen molar-refractivity contribution in [1.29, 1.82) is 0 Å². The molecule has 0 aliphatic carbocycles. The van der Waals surface area contributed by atoms with E-state index in [1.165, 1.54) is 0 Å². The van der Waals surface area contributed by atoms with Crippen LogP contribution < -0.4 is 9.80 Å². The van der Waals surface area contributed by atoms with Gasteiger partial charge >= 0.3 is 5.97 Å². The van der Waals surface area contributed by atoms with E-state index in [0.29, 0.717) is 11.3 Å². The number of rotatable bonds is 6. The molecule has 0 saturated carbocycles. The molecule has 0 N–H and O–H groups in total. The fourth-order valence-electron chi connectivity index (χ4n) is 3.21. The molecule has 4 rings (SSSR count). The molecule has 3 aromatic carbocycles. The van der Waals surface area contributed by atoms with Gasteiger partial charge in [-0.2, -0.15) is 0 Å². The summed E-state index contributed by atoms with van der Waals surface area (Å²) in [5, 5.41) is 0.786. The lowest BCUT2D eigenvalue weighted by Gasteiger charge is -2.15. The van der Waals surface area contributed by atoms with Crippen molar-refractivity contribution in [2.45, 2.75) is 0 Å². The standard InChI is InChI=1S/C26H25N3O2S/c1-28(2)20-13-9-18(10-14-20)23(17-25-27-22-7-5-6-8-24(22)32-25)31-26(30)19-11-15-21(16-12-19)29(3)4/h5-17H,1-4H3. The van der Waals surface area contributed by atoms with Crippen molar-refractivity contribution < 1.29 is 9.53 Å². The van der Waals surface area contributed by atoms with Crippen molar-refractivity contribution in [1.82, 2.24) is 4.98 Å². The Hall–Kier alpha value is -3.64. The number of hydrogen-bond acceptors (Lipinski definition) is 6. The maximum atomic E-state index is 12.9. The van der Waals surface area contributed by atoms with Gasteiger partial charge in [-0.3, -0.25) is 0 Å². The van der Waals surface area contributed by atoms with E-state index in [0.717, 1.165) is 32.2 Å². The Kier molecular flexibility index (Phi) is 6.23. The number of hydrogen-bond donors (Lipinski definition) is 0. The van der Waals surface area contributed by atoms with Gasteiger partial charge < -0.3 is 14.5 Å². The highest BCUT2D eigenvalue weighted by Crippen LogP contribution is 2.28. The molecule has 32 heavy (non-hydrogen) atoms. The van der Waals surface area contributed by atoms with Crippen LogP contribution in [0.25, 0.3) is 22.1 Å². The zero-order valence-corrected chi connectivity index (χ0v) is 19.4. The SMILES string of the molecule is CN(C)c1ccc(C(=O)OC(=Cc2nc3ccccc3s2)c2ccc(N(C)C)cc2)cc1. The Morgan fingerprint density at radius 2 is 1.38 bits per heavy atom. The van der Waals surface area contributed by atoms with E-state index in [4.69, 9.17) is 4.74 Å². The van der Waals surface area contributed by atoms with Crippen LogP contribution in [0.5, 0.6) is 0 Å². The summed E-state index contributed by atoms with van der Waals surface area (Å²) >= 11 is 1.56. The maximum Gasteiger partial charge on any atom is 0.343 e. The first-order valence-corrected chi connectivity index (χ1v) is 11.1. The molecule has 0 amide bonds.